The van der Waals surface area contributed by atoms with Crippen molar-refractivity contribution in [2.75, 3.05) is 57.8 Å². The van der Waals surface area contributed by atoms with Crippen LogP contribution in [-0.2, 0) is 9.53 Å². The summed E-state index contributed by atoms with van der Waals surface area (Å²) in [6, 6.07) is 17.5. The lowest BCUT2D eigenvalue weighted by atomic mass is 9.94. The highest BCUT2D eigenvalue weighted by Crippen LogP contribution is 2.26. The molecule has 2 fully saturated rings. The molecule has 2 aliphatic heterocycles. The smallest absolute Gasteiger partial charge is 0.351 e. The Hall–Kier alpha value is -2.57. The Labute approximate surface area is 191 Å². The number of esters is 1. The quantitative estimate of drug-likeness (QED) is 0.638. The van der Waals surface area contributed by atoms with Gasteiger partial charge in [0.05, 0.1) is 7.11 Å². The van der Waals surface area contributed by atoms with Crippen LogP contribution in [0.5, 0.6) is 5.75 Å². The van der Waals surface area contributed by atoms with Crippen LogP contribution < -0.4 is 15.0 Å². The third-order valence-corrected chi connectivity index (χ3v) is 6.66. The standard InChI is InChI=1S/C26H35N3O3/c1-31-26(30)25(22-5-3-2-4-6-22)32-24-9-7-23(8-10-24)29-19-17-28(18-20-29)16-13-21-11-14-27-15-12-21/h2-10,21,25,27H,11-20H2,1H3. The fourth-order valence-corrected chi connectivity index (χ4v) is 4.62. The van der Waals surface area contributed by atoms with Gasteiger partial charge in [0, 0.05) is 37.4 Å². The van der Waals surface area contributed by atoms with Gasteiger partial charge in [0.15, 0.2) is 0 Å². The summed E-state index contributed by atoms with van der Waals surface area (Å²) in [4.78, 5) is 17.3. The van der Waals surface area contributed by atoms with E-state index in [-0.39, 0.29) is 0 Å². The molecule has 1 atom stereocenters. The van der Waals surface area contributed by atoms with Crippen LogP contribution in [0.1, 0.15) is 30.9 Å². The minimum Gasteiger partial charge on any atom is -0.474 e. The predicted molar refractivity (Wildman–Crippen MR) is 127 cm³/mol. The molecule has 6 heteroatoms. The topological polar surface area (TPSA) is 54.0 Å². The van der Waals surface area contributed by atoms with Gasteiger partial charge in [-0.15, -0.1) is 0 Å². The molecule has 0 bridgehead atoms. The van der Waals surface area contributed by atoms with Gasteiger partial charge in [-0.25, -0.2) is 4.79 Å². The molecule has 2 heterocycles. The summed E-state index contributed by atoms with van der Waals surface area (Å²) in [5.74, 6) is 1.15. The van der Waals surface area contributed by atoms with Crippen molar-refractivity contribution in [3.05, 3.63) is 60.2 Å². The molecule has 6 nitrogen and oxygen atoms in total. The maximum atomic E-state index is 12.3. The van der Waals surface area contributed by atoms with Crippen LogP contribution in [0, 0.1) is 5.92 Å². The molecule has 2 aliphatic rings. The second-order valence-corrected chi connectivity index (χ2v) is 8.74. The first-order valence-electron chi connectivity index (χ1n) is 11.8. The second-order valence-electron chi connectivity index (χ2n) is 8.74. The molecule has 0 amide bonds. The number of nitrogens with one attached hydrogen (secondary N) is 1. The third-order valence-electron chi connectivity index (χ3n) is 6.66. The van der Waals surface area contributed by atoms with Crippen LogP contribution in [0.2, 0.25) is 0 Å². The number of hydrogen-bond donors (Lipinski definition) is 1. The average molecular weight is 438 g/mol. The van der Waals surface area contributed by atoms with E-state index in [4.69, 9.17) is 9.47 Å². The molecule has 4 rings (SSSR count). The van der Waals surface area contributed by atoms with Gasteiger partial charge < -0.3 is 19.7 Å². The molecule has 0 radical (unpaired) electrons. The maximum Gasteiger partial charge on any atom is 0.351 e. The summed E-state index contributed by atoms with van der Waals surface area (Å²) >= 11 is 0. The van der Waals surface area contributed by atoms with Crippen LogP contribution in [0.25, 0.3) is 0 Å². The van der Waals surface area contributed by atoms with E-state index >= 15 is 0 Å². The van der Waals surface area contributed by atoms with E-state index < -0.39 is 12.1 Å². The van der Waals surface area contributed by atoms with Crippen LogP contribution >= 0.6 is 0 Å². The molecule has 0 saturated carbocycles. The SMILES string of the molecule is COC(=O)C(Oc1ccc(N2CCN(CCC3CCNCC3)CC2)cc1)c1ccccc1. The van der Waals surface area contributed by atoms with Gasteiger partial charge in [-0.1, -0.05) is 30.3 Å². The minimum absolute atomic E-state index is 0.402. The number of carbonyl (C=O) groups is 1. The van der Waals surface area contributed by atoms with Crippen molar-refractivity contribution >= 4 is 11.7 Å². The van der Waals surface area contributed by atoms with Gasteiger partial charge >= 0.3 is 5.97 Å². The molecule has 1 unspecified atom stereocenters. The molecular weight excluding hydrogens is 402 g/mol. The Morgan fingerprint density at radius 1 is 1.00 bits per heavy atom. The first-order chi connectivity index (χ1) is 15.7. The van der Waals surface area contributed by atoms with E-state index in [1.54, 1.807) is 0 Å². The number of methoxy groups -OCH3 is 1. The molecule has 2 aromatic rings. The van der Waals surface area contributed by atoms with Crippen molar-refractivity contribution < 1.29 is 14.3 Å². The van der Waals surface area contributed by atoms with Crippen molar-refractivity contribution in [2.24, 2.45) is 5.92 Å². The number of piperidine rings is 1. The van der Waals surface area contributed by atoms with Crippen LogP contribution in [0.3, 0.4) is 0 Å². The predicted octanol–water partition coefficient (Wildman–Crippen LogP) is 3.49. The largest absolute Gasteiger partial charge is 0.474 e. The third kappa shape index (κ3) is 6.02. The number of benzene rings is 2. The Kier molecular flexibility index (Phi) is 8.02. The van der Waals surface area contributed by atoms with Gasteiger partial charge in [-0.2, -0.15) is 0 Å². The van der Waals surface area contributed by atoms with E-state index in [0.29, 0.717) is 5.75 Å². The minimum atomic E-state index is -0.768. The molecular formula is C26H35N3O3. The molecule has 1 N–H and O–H groups in total. The fourth-order valence-electron chi connectivity index (χ4n) is 4.62. The van der Waals surface area contributed by atoms with E-state index in [1.807, 2.05) is 42.5 Å². The molecule has 32 heavy (non-hydrogen) atoms. The van der Waals surface area contributed by atoms with Crippen LogP contribution in [-0.4, -0.2) is 63.8 Å². The number of piperazine rings is 1. The van der Waals surface area contributed by atoms with Crippen molar-refractivity contribution in [1.82, 2.24) is 10.2 Å². The van der Waals surface area contributed by atoms with Crippen LogP contribution in [0.15, 0.2) is 54.6 Å². The summed E-state index contributed by atoms with van der Waals surface area (Å²) in [5, 5.41) is 3.46. The molecule has 0 aliphatic carbocycles. The lowest BCUT2D eigenvalue weighted by Gasteiger charge is -2.37. The van der Waals surface area contributed by atoms with Gasteiger partial charge in [-0.05, 0) is 69.1 Å². The summed E-state index contributed by atoms with van der Waals surface area (Å²) in [7, 11) is 1.39. The fraction of sp³-hybridized carbons (Fsp3) is 0.500. The Morgan fingerprint density at radius 3 is 2.34 bits per heavy atom. The second kappa shape index (κ2) is 11.3. The Bertz CT molecular complexity index is 829. The van der Waals surface area contributed by atoms with Gasteiger partial charge in [0.1, 0.15) is 5.75 Å². The van der Waals surface area contributed by atoms with E-state index in [0.717, 1.165) is 37.7 Å². The van der Waals surface area contributed by atoms with Crippen molar-refractivity contribution in [2.45, 2.75) is 25.4 Å². The van der Waals surface area contributed by atoms with Crippen molar-refractivity contribution in [3.63, 3.8) is 0 Å². The normalized spacial score (nSPS) is 18.8. The highest BCUT2D eigenvalue weighted by Gasteiger charge is 2.24. The molecule has 0 spiro atoms. The monoisotopic (exact) mass is 437 g/mol. The highest BCUT2D eigenvalue weighted by molar-refractivity contribution is 5.76. The molecule has 2 saturated heterocycles. The molecule has 0 aromatic heterocycles. The average Bonchev–Trinajstić information content (AvgIpc) is 2.87. The highest BCUT2D eigenvalue weighted by atomic mass is 16.6. The maximum absolute atomic E-state index is 12.3. The first kappa shape index (κ1) is 22.6. The molecule has 2 aromatic carbocycles. The van der Waals surface area contributed by atoms with E-state index in [2.05, 4.69) is 27.2 Å². The summed E-state index contributed by atoms with van der Waals surface area (Å²) in [6.45, 7) is 7.90. The Balaban J connectivity index is 1.28. The van der Waals surface area contributed by atoms with Crippen molar-refractivity contribution in [3.8, 4) is 5.75 Å². The summed E-state index contributed by atoms with van der Waals surface area (Å²) in [5.41, 5.74) is 1.98. The number of rotatable bonds is 8. The Morgan fingerprint density at radius 2 is 1.69 bits per heavy atom. The van der Waals surface area contributed by atoms with Gasteiger partial charge in [0.2, 0.25) is 6.10 Å². The first-order valence-corrected chi connectivity index (χ1v) is 11.8. The lowest BCUT2D eigenvalue weighted by molar-refractivity contribution is -0.149. The number of nitrogens with zero attached hydrogens (tertiary/aromatic N) is 2. The van der Waals surface area contributed by atoms with E-state index in [9.17, 15) is 4.79 Å². The number of ether oxygens (including phenoxy) is 2. The zero-order chi connectivity index (χ0) is 22.2. The van der Waals surface area contributed by atoms with Gasteiger partial charge in [0.25, 0.3) is 0 Å². The van der Waals surface area contributed by atoms with Crippen LogP contribution in [0.4, 0.5) is 5.69 Å². The zero-order valence-corrected chi connectivity index (χ0v) is 19.0. The summed E-state index contributed by atoms with van der Waals surface area (Å²) in [6.07, 6.45) is 3.22. The van der Waals surface area contributed by atoms with Gasteiger partial charge in [-0.3, -0.25) is 4.90 Å². The number of carbonyl (C=O) groups excluding carboxylic acids is 1. The lowest BCUT2D eigenvalue weighted by Crippen LogP contribution is -2.47. The summed E-state index contributed by atoms with van der Waals surface area (Å²) < 4.78 is 10.9. The number of hydrogen-bond acceptors (Lipinski definition) is 6. The number of anilines is 1. The van der Waals surface area contributed by atoms with E-state index in [1.165, 1.54) is 51.7 Å². The molecule has 172 valence electrons. The zero-order valence-electron chi connectivity index (χ0n) is 19.0. The van der Waals surface area contributed by atoms with Crippen molar-refractivity contribution in [1.29, 1.82) is 0 Å².